The van der Waals surface area contributed by atoms with Crippen LogP contribution < -0.4 is 0 Å². The first kappa shape index (κ1) is 25.8. The topological polar surface area (TPSA) is 38.0 Å². The quantitative estimate of drug-likeness (QED) is 0.213. The number of hydrogen-bond acceptors (Lipinski definition) is 3. The highest BCUT2D eigenvalue weighted by Gasteiger charge is 2.35. The third-order valence-corrected chi connectivity index (χ3v) is 6.07. The summed E-state index contributed by atoms with van der Waals surface area (Å²) in [6, 6.07) is 17.6. The Morgan fingerprint density at radius 3 is 2.08 bits per heavy atom. The first-order valence-electron chi connectivity index (χ1n) is 10.7. The number of alkyl halides is 6. The molecule has 0 radical (unpaired) electrons. The van der Waals surface area contributed by atoms with E-state index in [1.54, 1.807) is 30.3 Å². The molecule has 3 nitrogen and oxygen atoms in total. The van der Waals surface area contributed by atoms with E-state index in [4.69, 9.17) is 0 Å². The maximum atomic E-state index is 13.7. The molecule has 1 N–H and O–H groups in total. The van der Waals surface area contributed by atoms with Gasteiger partial charge in [0.1, 0.15) is 11.4 Å². The number of rotatable bonds is 5. The van der Waals surface area contributed by atoms with Crippen molar-refractivity contribution in [2.24, 2.45) is 0 Å². The summed E-state index contributed by atoms with van der Waals surface area (Å²) in [5, 5.41) is 10.5. The largest absolute Gasteiger partial charge is 0.446 e. The standard InChI is InChI=1S/C26H20F6N2OS/c1-24(2,35)22-15-34(23(33-22)20-8-3-4-9-21(20)25(27,28)29)18-12-10-16(11-13-18)17-6-5-7-19(14-17)36-26(30,31)32/h3-15,35H,1-2H3. The Kier molecular flexibility index (Phi) is 6.70. The predicted molar refractivity (Wildman–Crippen MR) is 127 cm³/mol. The van der Waals surface area contributed by atoms with Crippen LogP contribution in [0.1, 0.15) is 25.1 Å². The van der Waals surface area contributed by atoms with Gasteiger partial charge < -0.3 is 5.11 Å². The Balaban J connectivity index is 1.78. The maximum Gasteiger partial charge on any atom is 0.446 e. The number of benzene rings is 3. The lowest BCUT2D eigenvalue weighted by Gasteiger charge is -2.14. The molecule has 0 unspecified atom stereocenters. The highest BCUT2D eigenvalue weighted by atomic mass is 32.2. The van der Waals surface area contributed by atoms with Crippen LogP contribution in [0.5, 0.6) is 0 Å². The second-order valence-electron chi connectivity index (χ2n) is 8.54. The van der Waals surface area contributed by atoms with Crippen molar-refractivity contribution in [3.63, 3.8) is 0 Å². The highest BCUT2D eigenvalue weighted by Crippen LogP contribution is 2.40. The van der Waals surface area contributed by atoms with Gasteiger partial charge in [-0.05, 0) is 67.1 Å². The zero-order valence-electron chi connectivity index (χ0n) is 19.0. The van der Waals surface area contributed by atoms with Gasteiger partial charge in [-0.3, -0.25) is 4.57 Å². The summed E-state index contributed by atoms with van der Waals surface area (Å²) in [5.41, 5.74) is -5.01. The molecule has 188 valence electrons. The van der Waals surface area contributed by atoms with Crippen LogP contribution in [-0.2, 0) is 11.8 Å². The lowest BCUT2D eigenvalue weighted by Crippen LogP contribution is -2.15. The van der Waals surface area contributed by atoms with E-state index in [1.807, 2.05) is 0 Å². The zero-order valence-corrected chi connectivity index (χ0v) is 19.8. The minimum Gasteiger partial charge on any atom is -0.384 e. The summed E-state index contributed by atoms with van der Waals surface area (Å²) in [6.45, 7) is 2.96. The van der Waals surface area contributed by atoms with E-state index < -0.39 is 22.8 Å². The smallest absolute Gasteiger partial charge is 0.384 e. The fourth-order valence-corrected chi connectivity index (χ4v) is 4.27. The van der Waals surface area contributed by atoms with Crippen LogP contribution in [-0.4, -0.2) is 20.2 Å². The summed E-state index contributed by atoms with van der Waals surface area (Å²) in [6.07, 6.45) is -3.15. The molecule has 10 heteroatoms. The second kappa shape index (κ2) is 9.33. The van der Waals surface area contributed by atoms with E-state index in [2.05, 4.69) is 4.98 Å². The summed E-state index contributed by atoms with van der Waals surface area (Å²) >= 11 is -0.210. The van der Waals surface area contributed by atoms with Gasteiger partial charge in [-0.15, -0.1) is 0 Å². The van der Waals surface area contributed by atoms with Gasteiger partial charge >= 0.3 is 11.7 Å². The molecule has 0 atom stereocenters. The predicted octanol–water partition coefficient (Wildman–Crippen LogP) is 8.06. The van der Waals surface area contributed by atoms with Gasteiger partial charge in [-0.2, -0.15) is 26.3 Å². The van der Waals surface area contributed by atoms with E-state index in [0.717, 1.165) is 6.07 Å². The monoisotopic (exact) mass is 522 g/mol. The molecule has 0 saturated carbocycles. The summed E-state index contributed by atoms with van der Waals surface area (Å²) in [4.78, 5) is 4.37. The van der Waals surface area contributed by atoms with Crippen molar-refractivity contribution in [3.8, 4) is 28.2 Å². The molecule has 4 aromatic rings. The number of hydrogen-bond donors (Lipinski definition) is 1. The first-order valence-corrected chi connectivity index (χ1v) is 11.5. The normalized spacial score (nSPS) is 12.7. The second-order valence-corrected chi connectivity index (χ2v) is 9.68. The van der Waals surface area contributed by atoms with Crippen molar-refractivity contribution in [1.82, 2.24) is 9.55 Å². The van der Waals surface area contributed by atoms with Crippen LogP contribution in [0, 0.1) is 0 Å². The van der Waals surface area contributed by atoms with Crippen LogP contribution in [0.2, 0.25) is 0 Å². The minimum atomic E-state index is -4.62. The van der Waals surface area contributed by atoms with Gasteiger partial charge in [0.15, 0.2) is 0 Å². The minimum absolute atomic E-state index is 0.00336. The molecule has 0 aliphatic carbocycles. The van der Waals surface area contributed by atoms with Crippen molar-refractivity contribution in [2.75, 3.05) is 0 Å². The highest BCUT2D eigenvalue weighted by molar-refractivity contribution is 8.00. The van der Waals surface area contributed by atoms with Crippen LogP contribution in [0.25, 0.3) is 28.2 Å². The maximum absolute atomic E-state index is 13.7. The van der Waals surface area contributed by atoms with Gasteiger partial charge in [-0.25, -0.2) is 4.98 Å². The van der Waals surface area contributed by atoms with Crippen molar-refractivity contribution >= 4 is 11.8 Å². The average Bonchev–Trinajstić information content (AvgIpc) is 3.24. The van der Waals surface area contributed by atoms with Crippen LogP contribution in [0.15, 0.2) is 83.9 Å². The van der Waals surface area contributed by atoms with Gasteiger partial charge in [0.05, 0.1) is 11.3 Å². The van der Waals surface area contributed by atoms with Crippen LogP contribution in [0.4, 0.5) is 26.3 Å². The molecule has 36 heavy (non-hydrogen) atoms. The average molecular weight is 523 g/mol. The fourth-order valence-electron chi connectivity index (χ4n) is 3.67. The van der Waals surface area contributed by atoms with E-state index >= 15 is 0 Å². The molecule has 1 aromatic heterocycles. The molecule has 0 amide bonds. The molecular formula is C26H20F6N2OS. The first-order chi connectivity index (χ1) is 16.7. The van der Waals surface area contributed by atoms with E-state index in [9.17, 15) is 31.4 Å². The number of aromatic nitrogens is 2. The molecule has 0 saturated heterocycles. The van der Waals surface area contributed by atoms with E-state index in [1.165, 1.54) is 61.0 Å². The Morgan fingerprint density at radius 2 is 1.47 bits per heavy atom. The zero-order chi connectivity index (χ0) is 26.3. The Morgan fingerprint density at radius 1 is 0.806 bits per heavy atom. The SMILES string of the molecule is CC(C)(O)c1cn(-c2ccc(-c3cccc(SC(F)(F)F)c3)cc2)c(-c2ccccc2C(F)(F)F)n1. The van der Waals surface area contributed by atoms with Crippen molar-refractivity contribution < 1.29 is 31.4 Å². The van der Waals surface area contributed by atoms with Crippen molar-refractivity contribution in [2.45, 2.75) is 36.0 Å². The van der Waals surface area contributed by atoms with Gasteiger partial charge in [-0.1, -0.05) is 42.5 Å². The van der Waals surface area contributed by atoms with Crippen LogP contribution >= 0.6 is 11.8 Å². The van der Waals surface area contributed by atoms with Gasteiger partial charge in [0, 0.05) is 22.3 Å². The summed E-state index contributed by atoms with van der Waals surface area (Å²) in [7, 11) is 0. The Labute approximate surface area is 207 Å². The molecule has 0 aliphatic rings. The number of thioether (sulfide) groups is 1. The van der Waals surface area contributed by atoms with E-state index in [-0.39, 0.29) is 33.7 Å². The fraction of sp³-hybridized carbons (Fsp3) is 0.192. The summed E-state index contributed by atoms with van der Waals surface area (Å²) in [5.74, 6) is -0.00336. The molecule has 0 spiro atoms. The number of aliphatic hydroxyl groups is 1. The molecule has 3 aromatic carbocycles. The molecular weight excluding hydrogens is 502 g/mol. The number of imidazole rings is 1. The lowest BCUT2D eigenvalue weighted by atomic mass is 10.0. The third-order valence-electron chi connectivity index (χ3n) is 5.35. The number of halogens is 6. The van der Waals surface area contributed by atoms with Crippen LogP contribution in [0.3, 0.4) is 0 Å². The molecule has 0 fully saturated rings. The van der Waals surface area contributed by atoms with Crippen molar-refractivity contribution in [1.29, 1.82) is 0 Å². The lowest BCUT2D eigenvalue weighted by molar-refractivity contribution is -0.137. The molecule has 1 heterocycles. The summed E-state index contributed by atoms with van der Waals surface area (Å²) < 4.78 is 80.9. The van der Waals surface area contributed by atoms with E-state index in [0.29, 0.717) is 16.8 Å². The number of nitrogens with zero attached hydrogens (tertiary/aromatic N) is 2. The van der Waals surface area contributed by atoms with Crippen molar-refractivity contribution in [3.05, 3.63) is 90.3 Å². The Hall–Kier alpha value is -3.24. The molecule has 0 bridgehead atoms. The van der Waals surface area contributed by atoms with Gasteiger partial charge in [0.2, 0.25) is 0 Å². The Bertz CT molecular complexity index is 1370. The third kappa shape index (κ3) is 5.76. The molecule has 0 aliphatic heterocycles. The molecule has 4 rings (SSSR count). The van der Waals surface area contributed by atoms with Gasteiger partial charge in [0.25, 0.3) is 0 Å².